The van der Waals surface area contributed by atoms with Crippen LogP contribution in [-0.4, -0.2) is 10.8 Å². The van der Waals surface area contributed by atoms with E-state index in [9.17, 15) is 0 Å². The Hall–Kier alpha value is 0.580. The Balaban J connectivity index is 2.45. The third-order valence-corrected chi connectivity index (χ3v) is 3.72. The molecule has 1 fully saturated rings. The monoisotopic (exact) mass is 208 g/mol. The largest absolute Gasteiger partial charge is 0.123 e. The Morgan fingerprint density at radius 1 is 1.17 bits per heavy atom. The van der Waals surface area contributed by atoms with Gasteiger partial charge >= 0.3 is 0 Å². The van der Waals surface area contributed by atoms with E-state index in [4.69, 9.17) is 23.2 Å². The average molecular weight is 209 g/mol. The van der Waals surface area contributed by atoms with E-state index >= 15 is 0 Å². The lowest BCUT2D eigenvalue weighted by Gasteiger charge is -2.32. The van der Waals surface area contributed by atoms with Crippen molar-refractivity contribution < 1.29 is 0 Å². The maximum absolute atomic E-state index is 6.24. The zero-order valence-corrected chi connectivity index (χ0v) is 9.41. The Morgan fingerprint density at radius 2 is 1.67 bits per heavy atom. The van der Waals surface area contributed by atoms with E-state index in [0.717, 1.165) is 18.8 Å². The van der Waals surface area contributed by atoms with Gasteiger partial charge in [0.2, 0.25) is 0 Å². The average Bonchev–Trinajstić information content (AvgIpc) is 1.97. The van der Waals surface area contributed by atoms with Crippen LogP contribution in [0.25, 0.3) is 0 Å². The van der Waals surface area contributed by atoms with Crippen molar-refractivity contribution in [3.8, 4) is 0 Å². The molecule has 2 heteroatoms. The maximum Gasteiger partial charge on any atom is 0.0378 e. The highest BCUT2D eigenvalue weighted by Crippen LogP contribution is 2.36. The molecule has 72 valence electrons. The molecule has 0 bridgehead atoms. The zero-order chi connectivity index (χ0) is 9.14. The Kier molecular flexibility index (Phi) is 4.19. The molecule has 0 amide bonds. The molecule has 0 spiro atoms. The van der Waals surface area contributed by atoms with E-state index < -0.39 is 0 Å². The number of rotatable bonds is 2. The molecule has 1 aliphatic carbocycles. The van der Waals surface area contributed by atoms with Crippen LogP contribution in [0.4, 0.5) is 0 Å². The normalized spacial score (nSPS) is 37.2. The van der Waals surface area contributed by atoms with Crippen LogP contribution < -0.4 is 0 Å². The third-order valence-electron chi connectivity index (χ3n) is 2.63. The number of alkyl halides is 2. The Morgan fingerprint density at radius 3 is 2.08 bits per heavy atom. The van der Waals surface area contributed by atoms with Crippen molar-refractivity contribution in [2.75, 3.05) is 0 Å². The second-order valence-electron chi connectivity index (χ2n) is 4.26. The molecule has 0 heterocycles. The van der Waals surface area contributed by atoms with Gasteiger partial charge in [-0.15, -0.1) is 23.2 Å². The van der Waals surface area contributed by atoms with E-state index in [1.807, 2.05) is 0 Å². The van der Waals surface area contributed by atoms with Crippen LogP contribution in [0.1, 0.15) is 39.5 Å². The van der Waals surface area contributed by atoms with E-state index in [1.165, 1.54) is 12.8 Å². The number of hydrogen-bond donors (Lipinski definition) is 0. The van der Waals surface area contributed by atoms with Crippen molar-refractivity contribution in [1.29, 1.82) is 0 Å². The number of halogens is 2. The van der Waals surface area contributed by atoms with E-state index in [0.29, 0.717) is 16.7 Å². The molecule has 1 saturated carbocycles. The molecule has 1 aliphatic rings. The fourth-order valence-electron chi connectivity index (χ4n) is 2.00. The smallest absolute Gasteiger partial charge is 0.0378 e. The van der Waals surface area contributed by atoms with Gasteiger partial charge in [-0.05, 0) is 31.1 Å². The summed E-state index contributed by atoms with van der Waals surface area (Å²) in [6, 6.07) is 0. The van der Waals surface area contributed by atoms with Gasteiger partial charge in [-0.25, -0.2) is 0 Å². The summed E-state index contributed by atoms with van der Waals surface area (Å²) in [5.74, 6) is 1.26. The van der Waals surface area contributed by atoms with Crippen LogP contribution in [0.2, 0.25) is 0 Å². The minimum atomic E-state index is 0.323. The first-order chi connectivity index (χ1) is 5.61. The van der Waals surface area contributed by atoms with Gasteiger partial charge in [0, 0.05) is 10.8 Å². The van der Waals surface area contributed by atoms with Crippen molar-refractivity contribution in [3.05, 3.63) is 0 Å². The van der Waals surface area contributed by atoms with Crippen LogP contribution >= 0.6 is 23.2 Å². The van der Waals surface area contributed by atoms with Crippen LogP contribution in [0.3, 0.4) is 0 Å². The summed E-state index contributed by atoms with van der Waals surface area (Å²) in [5, 5.41) is 0.646. The highest BCUT2D eigenvalue weighted by molar-refractivity contribution is 6.24. The maximum atomic E-state index is 6.24. The lowest BCUT2D eigenvalue weighted by molar-refractivity contribution is 0.317. The standard InChI is InChI=1S/C10H18Cl2/c1-7(2)6-8-9(11)4-3-5-10(8)12/h7-10H,3-6H2,1-2H3. The van der Waals surface area contributed by atoms with Crippen molar-refractivity contribution in [2.45, 2.75) is 50.3 Å². The molecule has 0 aromatic heterocycles. The summed E-state index contributed by atoms with van der Waals surface area (Å²) < 4.78 is 0. The van der Waals surface area contributed by atoms with Gasteiger partial charge in [0.05, 0.1) is 0 Å². The van der Waals surface area contributed by atoms with Gasteiger partial charge in [0.25, 0.3) is 0 Å². The second-order valence-corrected chi connectivity index (χ2v) is 5.38. The fraction of sp³-hybridized carbons (Fsp3) is 1.00. The molecule has 0 nitrogen and oxygen atoms in total. The molecule has 0 saturated heterocycles. The molecular weight excluding hydrogens is 191 g/mol. The molecule has 0 N–H and O–H groups in total. The first-order valence-corrected chi connectivity index (χ1v) is 5.76. The first kappa shape index (κ1) is 10.7. The summed E-state index contributed by atoms with van der Waals surface area (Å²) >= 11 is 12.5. The van der Waals surface area contributed by atoms with Gasteiger partial charge in [-0.1, -0.05) is 20.3 Å². The van der Waals surface area contributed by atoms with Crippen LogP contribution in [0, 0.1) is 11.8 Å². The molecular formula is C10H18Cl2. The van der Waals surface area contributed by atoms with Gasteiger partial charge in [0.1, 0.15) is 0 Å². The predicted molar refractivity (Wildman–Crippen MR) is 56.1 cm³/mol. The van der Waals surface area contributed by atoms with Gasteiger partial charge in [0.15, 0.2) is 0 Å². The highest BCUT2D eigenvalue weighted by atomic mass is 35.5. The van der Waals surface area contributed by atoms with E-state index in [1.54, 1.807) is 0 Å². The van der Waals surface area contributed by atoms with Gasteiger partial charge < -0.3 is 0 Å². The minimum Gasteiger partial charge on any atom is -0.123 e. The van der Waals surface area contributed by atoms with Crippen molar-refractivity contribution in [2.24, 2.45) is 11.8 Å². The quantitative estimate of drug-likeness (QED) is 0.602. The van der Waals surface area contributed by atoms with Crippen LogP contribution in [0.5, 0.6) is 0 Å². The summed E-state index contributed by atoms with van der Waals surface area (Å²) in [7, 11) is 0. The van der Waals surface area contributed by atoms with Crippen LogP contribution in [0.15, 0.2) is 0 Å². The molecule has 0 radical (unpaired) electrons. The molecule has 0 aliphatic heterocycles. The molecule has 2 atom stereocenters. The predicted octanol–water partition coefficient (Wildman–Crippen LogP) is 4.05. The summed E-state index contributed by atoms with van der Waals surface area (Å²) in [6.45, 7) is 4.48. The summed E-state index contributed by atoms with van der Waals surface area (Å²) in [4.78, 5) is 0. The molecule has 0 aromatic carbocycles. The summed E-state index contributed by atoms with van der Waals surface area (Å²) in [6.07, 6.45) is 4.70. The lowest BCUT2D eigenvalue weighted by atomic mass is 9.83. The SMILES string of the molecule is CC(C)CC1C(Cl)CCCC1Cl. The van der Waals surface area contributed by atoms with E-state index in [-0.39, 0.29) is 0 Å². The van der Waals surface area contributed by atoms with Crippen LogP contribution in [-0.2, 0) is 0 Å². The summed E-state index contributed by atoms with van der Waals surface area (Å²) in [5.41, 5.74) is 0. The molecule has 12 heavy (non-hydrogen) atoms. The van der Waals surface area contributed by atoms with Crippen molar-refractivity contribution in [1.82, 2.24) is 0 Å². The van der Waals surface area contributed by atoms with Gasteiger partial charge in [-0.3, -0.25) is 0 Å². The fourth-order valence-corrected chi connectivity index (χ4v) is 2.94. The third kappa shape index (κ3) is 2.81. The molecule has 1 rings (SSSR count). The van der Waals surface area contributed by atoms with Crippen molar-refractivity contribution in [3.63, 3.8) is 0 Å². The van der Waals surface area contributed by atoms with Gasteiger partial charge in [-0.2, -0.15) is 0 Å². The lowest BCUT2D eigenvalue weighted by Crippen LogP contribution is -2.30. The minimum absolute atomic E-state index is 0.323. The zero-order valence-electron chi connectivity index (χ0n) is 7.89. The van der Waals surface area contributed by atoms with Crippen molar-refractivity contribution >= 4 is 23.2 Å². The Labute approximate surface area is 85.6 Å². The molecule has 2 unspecified atom stereocenters. The number of hydrogen-bond acceptors (Lipinski definition) is 0. The Bertz CT molecular complexity index is 124. The first-order valence-electron chi connectivity index (χ1n) is 4.89. The second kappa shape index (κ2) is 4.72. The molecule has 0 aromatic rings. The highest BCUT2D eigenvalue weighted by Gasteiger charge is 2.30. The topological polar surface area (TPSA) is 0 Å². The van der Waals surface area contributed by atoms with E-state index in [2.05, 4.69) is 13.8 Å².